The van der Waals surface area contributed by atoms with E-state index in [1.807, 2.05) is 0 Å². The van der Waals surface area contributed by atoms with E-state index < -0.39 is 43.8 Å². The summed E-state index contributed by atoms with van der Waals surface area (Å²) in [5, 5.41) is 0. The van der Waals surface area contributed by atoms with Gasteiger partial charge in [0.15, 0.2) is 0 Å². The summed E-state index contributed by atoms with van der Waals surface area (Å²) in [4.78, 5) is 0. The van der Waals surface area contributed by atoms with Crippen molar-refractivity contribution in [2.45, 2.75) is 55.9 Å². The van der Waals surface area contributed by atoms with Crippen molar-refractivity contribution < 1.29 is 53.1 Å². The third-order valence-corrected chi connectivity index (χ3v) is 26.8. The summed E-state index contributed by atoms with van der Waals surface area (Å²) in [5.74, 6) is 0. The van der Waals surface area contributed by atoms with Crippen LogP contribution in [0, 0.1) is 0 Å². The highest BCUT2D eigenvalue weighted by Crippen LogP contribution is 2.31. The average Bonchev–Trinajstić information content (AvgIpc) is 3.84. The lowest BCUT2D eigenvalue weighted by molar-refractivity contribution is 0.0424. The molecule has 0 aromatic carbocycles. The second-order valence-electron chi connectivity index (χ2n) is 12.0. The summed E-state index contributed by atoms with van der Waals surface area (Å²) in [5.41, 5.74) is 0. The van der Waals surface area contributed by atoms with Gasteiger partial charge in [-0.05, 0) is 45.3 Å². The van der Waals surface area contributed by atoms with E-state index in [9.17, 15) is 0 Å². The Hall–Kier alpha value is 0.484. The van der Waals surface area contributed by atoms with Crippen LogP contribution in [0.1, 0.15) is 25.7 Å². The van der Waals surface area contributed by atoms with E-state index in [-0.39, 0.29) is 0 Å². The van der Waals surface area contributed by atoms with Crippen LogP contribution in [-0.2, 0) is 53.1 Å². The molecular weight excluding hydrogens is 699 g/mol. The largest absolute Gasteiger partial charge is 0.501 e. The highest BCUT2D eigenvalue weighted by molar-refractivity contribution is 6.66. The number of rotatable bonds is 25. The van der Waals surface area contributed by atoms with Crippen molar-refractivity contribution >= 4 is 43.8 Å². The van der Waals surface area contributed by atoms with Gasteiger partial charge in [-0.1, -0.05) is 0 Å². The van der Waals surface area contributed by atoms with E-state index in [1.54, 1.807) is 64.0 Å². The zero-order valence-corrected chi connectivity index (χ0v) is 35.5. The van der Waals surface area contributed by atoms with E-state index in [2.05, 4.69) is 13.7 Å². The van der Waals surface area contributed by atoms with Gasteiger partial charge in [-0.25, -0.2) is 0 Å². The minimum absolute atomic E-state index is 0.437. The number of hydrogen-bond donors (Lipinski definition) is 0. The van der Waals surface area contributed by atoms with Crippen LogP contribution in [0.3, 0.4) is 0 Å². The first-order chi connectivity index (χ1) is 22.7. The van der Waals surface area contributed by atoms with Crippen molar-refractivity contribution in [2.24, 2.45) is 0 Å². The quantitative estimate of drug-likeness (QED) is 0.126. The second kappa shape index (κ2) is 19.9. The maximum absolute atomic E-state index is 6.85. The highest BCUT2D eigenvalue weighted by atomic mass is 28.4. The Morgan fingerprint density at radius 3 is 1.02 bits per heavy atom. The molecule has 47 heavy (non-hydrogen) atoms. The fourth-order valence-corrected chi connectivity index (χ4v) is 20.7. The Morgan fingerprint density at radius 1 is 0.447 bits per heavy atom. The molecule has 0 amide bonds. The summed E-state index contributed by atoms with van der Waals surface area (Å²) in [6.45, 7) is 6.09. The maximum Gasteiger partial charge on any atom is 0.501 e. The van der Waals surface area contributed by atoms with E-state index in [0.717, 1.165) is 57.0 Å². The molecule has 0 saturated carbocycles. The molecule has 3 fully saturated rings. The predicted molar refractivity (Wildman–Crippen MR) is 187 cm³/mol. The van der Waals surface area contributed by atoms with Gasteiger partial charge in [0.2, 0.25) is 0 Å². The monoisotopic (exact) mass is 761 g/mol. The summed E-state index contributed by atoms with van der Waals surface area (Å²) >= 11 is 0. The molecule has 0 N–H and O–H groups in total. The van der Waals surface area contributed by atoms with Gasteiger partial charge in [0.1, 0.15) is 0 Å². The number of nitrogens with zero attached hydrogens (tertiary/aromatic N) is 3. The molecule has 0 radical (unpaired) electrons. The second-order valence-corrected chi connectivity index (χ2v) is 28.0. The van der Waals surface area contributed by atoms with Gasteiger partial charge >= 0.3 is 43.8 Å². The Balaban J connectivity index is 1.81. The topological polar surface area (TPSA) is 120 Å². The van der Waals surface area contributed by atoms with Crippen LogP contribution in [0.15, 0.2) is 0 Å². The SMILES string of the molecule is CO[Si](CCC[Si](OCCN1CCC[Si]1(OC)OC)(OCCN1CCC[Si]1(OC)OC)OCCN1CCC[Si]1(OC)OC)(OC)OC. The lowest BCUT2D eigenvalue weighted by Crippen LogP contribution is -2.57. The van der Waals surface area contributed by atoms with Gasteiger partial charge < -0.3 is 53.1 Å². The van der Waals surface area contributed by atoms with Crippen molar-refractivity contribution in [3.05, 3.63) is 0 Å². The van der Waals surface area contributed by atoms with Crippen molar-refractivity contribution in [1.29, 1.82) is 0 Å². The molecule has 20 heteroatoms. The van der Waals surface area contributed by atoms with Crippen LogP contribution in [0.25, 0.3) is 0 Å². The summed E-state index contributed by atoms with van der Waals surface area (Å²) < 4.78 is 80.5. The van der Waals surface area contributed by atoms with Crippen LogP contribution < -0.4 is 0 Å². The molecule has 3 saturated heterocycles. The first-order valence-electron chi connectivity index (χ1n) is 16.8. The Bertz CT molecular complexity index is 794. The zero-order chi connectivity index (χ0) is 34.4. The molecule has 3 aliphatic heterocycles. The first kappa shape index (κ1) is 41.9. The Kier molecular flexibility index (Phi) is 17.8. The van der Waals surface area contributed by atoms with Crippen molar-refractivity contribution in [3.63, 3.8) is 0 Å². The zero-order valence-electron chi connectivity index (χ0n) is 30.5. The molecule has 0 aromatic rings. The summed E-state index contributed by atoms with van der Waals surface area (Å²) in [7, 11) is 2.07. The molecule has 0 aliphatic carbocycles. The van der Waals surface area contributed by atoms with E-state index >= 15 is 0 Å². The average molecular weight is 762 g/mol. The van der Waals surface area contributed by atoms with E-state index in [0.29, 0.717) is 58.0 Å². The summed E-state index contributed by atoms with van der Waals surface area (Å²) in [6.07, 6.45) is 3.83. The molecule has 3 rings (SSSR count). The first-order valence-corrected chi connectivity index (χ1v) is 26.6. The predicted octanol–water partition coefficient (Wildman–Crippen LogP) is 2.06. The van der Waals surface area contributed by atoms with Crippen molar-refractivity contribution in [3.8, 4) is 0 Å². The van der Waals surface area contributed by atoms with Crippen LogP contribution in [-0.4, -0.2) is 181 Å². The lowest BCUT2D eigenvalue weighted by Gasteiger charge is -2.36. The summed E-state index contributed by atoms with van der Waals surface area (Å²) in [6, 6.07) is 4.02. The van der Waals surface area contributed by atoms with Gasteiger partial charge in [0.05, 0.1) is 19.8 Å². The third kappa shape index (κ3) is 10.1. The van der Waals surface area contributed by atoms with Crippen LogP contribution in [0.4, 0.5) is 0 Å². The molecule has 278 valence electrons. The van der Waals surface area contributed by atoms with Gasteiger partial charge in [-0.2, -0.15) is 0 Å². The third-order valence-electron chi connectivity index (χ3n) is 10.1. The van der Waals surface area contributed by atoms with Gasteiger partial charge in [-0.3, -0.25) is 13.7 Å². The van der Waals surface area contributed by atoms with Gasteiger partial charge in [0.25, 0.3) is 0 Å². The highest BCUT2D eigenvalue weighted by Gasteiger charge is 2.51. The van der Waals surface area contributed by atoms with Gasteiger partial charge in [-0.15, -0.1) is 0 Å². The normalized spacial score (nSPS) is 22.1. The van der Waals surface area contributed by atoms with Gasteiger partial charge in [0, 0.05) is 114 Å². The molecule has 0 aromatic heterocycles. The molecule has 3 aliphatic rings. The molecule has 0 atom stereocenters. The van der Waals surface area contributed by atoms with Crippen LogP contribution >= 0.6 is 0 Å². The van der Waals surface area contributed by atoms with E-state index in [4.69, 9.17) is 53.1 Å². The van der Waals surface area contributed by atoms with Crippen LogP contribution in [0.5, 0.6) is 0 Å². The minimum Gasteiger partial charge on any atom is -0.386 e. The molecule has 0 spiro atoms. The lowest BCUT2D eigenvalue weighted by atomic mass is 10.5. The molecular formula is C27H63N3O12Si5. The van der Waals surface area contributed by atoms with Crippen molar-refractivity contribution in [1.82, 2.24) is 13.7 Å². The standard InChI is InChI=1S/C27H63N3O12Si5/c1-31-43(32-2)23-10-14-28(43)17-20-40-47(27-13-26-46(37-7,38-8)39-9,41-21-18-29-15-11-24-44(29,33-3)34-4)42-22-19-30-16-12-25-45(30,35-5)36-6/h10-27H2,1-9H3. The molecule has 3 heterocycles. The molecule has 0 bridgehead atoms. The Labute approximate surface area is 288 Å². The minimum atomic E-state index is -3.27. The maximum atomic E-state index is 6.85. The smallest absolute Gasteiger partial charge is 0.386 e. The molecule has 0 unspecified atom stereocenters. The van der Waals surface area contributed by atoms with E-state index in [1.165, 1.54) is 0 Å². The number of hydrogen-bond acceptors (Lipinski definition) is 15. The molecule has 15 nitrogen and oxygen atoms in total. The van der Waals surface area contributed by atoms with Crippen molar-refractivity contribution in [2.75, 3.05) is 123 Å². The fraction of sp³-hybridized carbons (Fsp3) is 1.00. The Morgan fingerprint density at radius 2 is 0.745 bits per heavy atom. The van der Waals surface area contributed by atoms with Crippen LogP contribution in [0.2, 0.25) is 30.2 Å². The fourth-order valence-electron chi connectivity index (χ4n) is 7.30.